The minimum atomic E-state index is -4.71. The number of imidazole rings is 1. The number of nitrogens with one attached hydrogen (secondary N) is 1. The van der Waals surface area contributed by atoms with Gasteiger partial charge < -0.3 is 41.4 Å². The van der Waals surface area contributed by atoms with E-state index in [0.717, 1.165) is 0 Å². The van der Waals surface area contributed by atoms with Crippen LogP contribution in [0.25, 0.3) is 11.2 Å². The predicted octanol–water partition coefficient (Wildman–Crippen LogP) is -1.14. The zero-order valence-corrected chi connectivity index (χ0v) is 22.7. The molecule has 5 rings (SSSR count). The second kappa shape index (κ2) is 12.4. The number of fused-ring (bicyclic) bond motifs is 1. The zero-order valence-electron chi connectivity index (χ0n) is 21.8. The van der Waals surface area contributed by atoms with Crippen molar-refractivity contribution in [1.82, 2.24) is 29.1 Å². The Labute approximate surface area is 232 Å². The number of anilines is 2. The van der Waals surface area contributed by atoms with Crippen molar-refractivity contribution >= 4 is 30.6 Å². The first-order chi connectivity index (χ1) is 19.7. The lowest BCUT2D eigenvalue weighted by Crippen LogP contribution is -2.29. The summed E-state index contributed by atoms with van der Waals surface area (Å²) < 4.78 is 37.5. The standard InChI is InChI=1S/C22H32N9O9P/c23-3-1-4-25-16-2-5-30(22(34)29-16)18-7-13(14(8-32)38-18)40-41(35,36)37-9-15-12(33)6-17(39-15)31-11-28-19-20(24)26-10-27-21(19)31/h2,5,10-15,17-18,32-33H,1,3-4,6-9,23H2,(H,35,36)(H2,24,26,27)(H,25,29,34). The smallest absolute Gasteiger partial charge is 0.394 e. The molecule has 2 saturated heterocycles. The molecule has 18 nitrogen and oxygen atoms in total. The summed E-state index contributed by atoms with van der Waals surface area (Å²) >= 11 is 0. The number of phosphoric ester groups is 1. The maximum atomic E-state index is 12.8. The molecule has 7 unspecified atom stereocenters. The van der Waals surface area contributed by atoms with E-state index in [1.165, 1.54) is 23.4 Å². The summed E-state index contributed by atoms with van der Waals surface area (Å²) in [6.07, 6.45) is -0.689. The molecule has 2 aliphatic rings. The highest BCUT2D eigenvalue weighted by Crippen LogP contribution is 2.49. The van der Waals surface area contributed by atoms with E-state index in [4.69, 9.17) is 30.0 Å². The Bertz CT molecular complexity index is 1460. The summed E-state index contributed by atoms with van der Waals surface area (Å²) in [4.78, 5) is 39.1. The summed E-state index contributed by atoms with van der Waals surface area (Å²) in [6, 6.07) is 1.58. The topological polar surface area (TPSA) is 257 Å². The molecule has 0 saturated carbocycles. The lowest BCUT2D eigenvalue weighted by molar-refractivity contribution is -0.0564. The summed E-state index contributed by atoms with van der Waals surface area (Å²) in [5.74, 6) is 0.563. The van der Waals surface area contributed by atoms with Gasteiger partial charge in [-0.15, -0.1) is 0 Å². The summed E-state index contributed by atoms with van der Waals surface area (Å²) in [6.45, 7) is 0.0280. The number of hydrogen-bond acceptors (Lipinski definition) is 15. The van der Waals surface area contributed by atoms with Gasteiger partial charge in [-0.2, -0.15) is 4.98 Å². The van der Waals surface area contributed by atoms with Crippen molar-refractivity contribution in [3.8, 4) is 0 Å². The predicted molar refractivity (Wildman–Crippen MR) is 141 cm³/mol. The molecule has 19 heteroatoms. The van der Waals surface area contributed by atoms with Gasteiger partial charge in [-0.1, -0.05) is 0 Å². The number of aromatic nitrogens is 6. The number of nitrogen functional groups attached to an aromatic ring is 1. The fraction of sp³-hybridized carbons (Fsp3) is 0.591. The maximum Gasteiger partial charge on any atom is 0.472 e. The van der Waals surface area contributed by atoms with Crippen LogP contribution in [0.4, 0.5) is 11.6 Å². The summed E-state index contributed by atoms with van der Waals surface area (Å²) in [5, 5.41) is 23.3. The molecule has 0 aliphatic carbocycles. The number of aliphatic hydroxyl groups excluding tert-OH is 2. The van der Waals surface area contributed by atoms with Crippen LogP contribution in [0, 0.1) is 0 Å². The van der Waals surface area contributed by atoms with E-state index in [9.17, 15) is 24.5 Å². The lowest BCUT2D eigenvalue weighted by atomic mass is 10.2. The van der Waals surface area contributed by atoms with E-state index in [2.05, 4.69) is 25.3 Å². The molecule has 2 aliphatic heterocycles. The van der Waals surface area contributed by atoms with Gasteiger partial charge in [0.05, 0.1) is 25.6 Å². The van der Waals surface area contributed by atoms with Gasteiger partial charge in [-0.05, 0) is 19.0 Å². The Balaban J connectivity index is 1.18. The van der Waals surface area contributed by atoms with Crippen molar-refractivity contribution in [3.63, 3.8) is 0 Å². The van der Waals surface area contributed by atoms with Crippen LogP contribution in [-0.4, -0.2) is 94.9 Å². The van der Waals surface area contributed by atoms with Crippen LogP contribution in [0.15, 0.2) is 29.7 Å². The molecule has 7 atom stereocenters. The van der Waals surface area contributed by atoms with E-state index >= 15 is 0 Å². The summed E-state index contributed by atoms with van der Waals surface area (Å²) in [5.41, 5.74) is 11.5. The highest BCUT2D eigenvalue weighted by molar-refractivity contribution is 7.47. The molecule has 3 aromatic heterocycles. The highest BCUT2D eigenvalue weighted by atomic mass is 31.2. The van der Waals surface area contributed by atoms with Crippen LogP contribution < -0.4 is 22.5 Å². The molecule has 0 amide bonds. The molecular weight excluding hydrogens is 565 g/mol. The Kier molecular flexibility index (Phi) is 8.93. The van der Waals surface area contributed by atoms with Gasteiger partial charge in [0.2, 0.25) is 0 Å². The Morgan fingerprint density at radius 3 is 2.71 bits per heavy atom. The summed E-state index contributed by atoms with van der Waals surface area (Å²) in [7, 11) is -4.71. The van der Waals surface area contributed by atoms with Crippen molar-refractivity contribution in [2.45, 2.75) is 56.1 Å². The van der Waals surface area contributed by atoms with Gasteiger partial charge in [-0.25, -0.2) is 24.3 Å². The van der Waals surface area contributed by atoms with Crippen LogP contribution in [0.3, 0.4) is 0 Å². The van der Waals surface area contributed by atoms with E-state index in [0.29, 0.717) is 36.5 Å². The van der Waals surface area contributed by atoms with Crippen molar-refractivity contribution in [2.24, 2.45) is 5.73 Å². The molecule has 3 aromatic rings. The average Bonchev–Trinajstić information content (AvgIpc) is 3.64. The van der Waals surface area contributed by atoms with E-state index in [1.807, 2.05) is 0 Å². The number of ether oxygens (including phenoxy) is 2. The molecule has 41 heavy (non-hydrogen) atoms. The molecule has 0 radical (unpaired) electrons. The number of aliphatic hydroxyl groups is 2. The minimum Gasteiger partial charge on any atom is -0.394 e. The van der Waals surface area contributed by atoms with Crippen LogP contribution in [0.1, 0.15) is 31.7 Å². The van der Waals surface area contributed by atoms with Crippen molar-refractivity contribution in [1.29, 1.82) is 0 Å². The number of nitrogens with zero attached hydrogens (tertiary/aromatic N) is 6. The zero-order chi connectivity index (χ0) is 29.1. The van der Waals surface area contributed by atoms with E-state index < -0.39 is 63.6 Å². The third-order valence-electron chi connectivity index (χ3n) is 6.76. The minimum absolute atomic E-state index is 0.0377. The monoisotopic (exact) mass is 597 g/mol. The second-order valence-electron chi connectivity index (χ2n) is 9.54. The first kappa shape index (κ1) is 29.4. The lowest BCUT2D eigenvalue weighted by Gasteiger charge is -2.21. The van der Waals surface area contributed by atoms with Crippen LogP contribution in [-0.2, 0) is 23.1 Å². The Morgan fingerprint density at radius 1 is 1.17 bits per heavy atom. The van der Waals surface area contributed by atoms with Crippen LogP contribution in [0.2, 0.25) is 0 Å². The SMILES string of the molecule is NCCCNc1ccn(C2CC(OP(=O)(O)OCC3OC(n4cnc5c(N)ncnc54)CC3O)C(CO)O2)c(=O)n1. The third-order valence-corrected chi connectivity index (χ3v) is 7.77. The van der Waals surface area contributed by atoms with Gasteiger partial charge >= 0.3 is 13.5 Å². The molecule has 5 heterocycles. The number of hydrogen-bond donors (Lipinski definition) is 6. The number of rotatable bonds is 12. The quantitative estimate of drug-likeness (QED) is 0.106. The fourth-order valence-electron chi connectivity index (χ4n) is 4.68. The van der Waals surface area contributed by atoms with Crippen LogP contribution >= 0.6 is 7.82 Å². The normalized spacial score (nSPS) is 27.8. The molecular formula is C22H32N9O9P. The first-order valence-corrected chi connectivity index (χ1v) is 14.4. The molecule has 224 valence electrons. The molecule has 2 fully saturated rings. The molecule has 0 aromatic carbocycles. The molecule has 0 spiro atoms. The second-order valence-corrected chi connectivity index (χ2v) is 10.9. The van der Waals surface area contributed by atoms with Gasteiger partial charge in [0.15, 0.2) is 11.5 Å². The third kappa shape index (κ3) is 6.56. The van der Waals surface area contributed by atoms with Crippen molar-refractivity contribution in [3.05, 3.63) is 35.4 Å². The van der Waals surface area contributed by atoms with Crippen molar-refractivity contribution < 1.29 is 38.2 Å². The first-order valence-electron chi connectivity index (χ1n) is 12.9. The largest absolute Gasteiger partial charge is 0.472 e. The van der Waals surface area contributed by atoms with E-state index in [1.54, 1.807) is 10.6 Å². The molecule has 8 N–H and O–H groups in total. The van der Waals surface area contributed by atoms with E-state index in [-0.39, 0.29) is 18.7 Å². The maximum absolute atomic E-state index is 12.8. The fourth-order valence-corrected chi connectivity index (χ4v) is 5.64. The highest BCUT2D eigenvalue weighted by Gasteiger charge is 2.43. The Morgan fingerprint density at radius 2 is 1.95 bits per heavy atom. The number of nitrogens with two attached hydrogens (primary N) is 2. The van der Waals surface area contributed by atoms with Crippen molar-refractivity contribution in [2.75, 3.05) is 37.4 Å². The number of phosphoric acid groups is 1. The average molecular weight is 598 g/mol. The molecule has 0 bridgehead atoms. The van der Waals surface area contributed by atoms with Gasteiger partial charge in [0.25, 0.3) is 0 Å². The van der Waals surface area contributed by atoms with Gasteiger partial charge in [-0.3, -0.25) is 18.2 Å². The van der Waals surface area contributed by atoms with Gasteiger partial charge in [0.1, 0.15) is 48.4 Å². The van der Waals surface area contributed by atoms with Gasteiger partial charge in [0, 0.05) is 25.6 Å². The van der Waals surface area contributed by atoms with Crippen LogP contribution in [0.5, 0.6) is 0 Å². The Hall–Kier alpha value is -3.06.